The molecule has 0 atom stereocenters. The first-order valence-electron chi connectivity index (χ1n) is 3.67. The second kappa shape index (κ2) is 6.12. The molecule has 0 bridgehead atoms. The van der Waals surface area contributed by atoms with Crippen LogP contribution < -0.4 is 5.73 Å². The molecule has 0 aromatic carbocycles. The summed E-state index contributed by atoms with van der Waals surface area (Å²) in [6.45, 7) is 1.34. The number of likely N-dealkylation sites (N-methyl/N-ethyl adjacent to an activating group) is 1. The SMILES string of the molecule is CN(C)CC(=O)OCCCN. The summed E-state index contributed by atoms with van der Waals surface area (Å²) in [4.78, 5) is 12.6. The highest BCUT2D eigenvalue weighted by Gasteiger charge is 2.02. The van der Waals surface area contributed by atoms with Crippen molar-refractivity contribution in [2.24, 2.45) is 5.73 Å². The third-order valence-corrected chi connectivity index (χ3v) is 1.06. The Kier molecular flexibility index (Phi) is 5.78. The monoisotopic (exact) mass is 160 g/mol. The first kappa shape index (κ1) is 10.4. The molecule has 0 aliphatic carbocycles. The van der Waals surface area contributed by atoms with Gasteiger partial charge in [-0.2, -0.15) is 0 Å². The van der Waals surface area contributed by atoms with Gasteiger partial charge in [-0.15, -0.1) is 0 Å². The first-order valence-corrected chi connectivity index (χ1v) is 3.67. The van der Waals surface area contributed by atoms with Crippen molar-refractivity contribution < 1.29 is 9.53 Å². The Bertz CT molecular complexity index is 115. The van der Waals surface area contributed by atoms with E-state index in [0.29, 0.717) is 19.7 Å². The zero-order chi connectivity index (χ0) is 8.69. The molecule has 4 heteroatoms. The van der Waals surface area contributed by atoms with E-state index in [4.69, 9.17) is 10.5 Å². The van der Waals surface area contributed by atoms with Crippen LogP contribution in [0.2, 0.25) is 0 Å². The average molecular weight is 160 g/mol. The van der Waals surface area contributed by atoms with Gasteiger partial charge in [-0.3, -0.25) is 9.69 Å². The number of esters is 1. The van der Waals surface area contributed by atoms with Crippen LogP contribution in [0.1, 0.15) is 6.42 Å². The van der Waals surface area contributed by atoms with Gasteiger partial charge < -0.3 is 10.5 Å². The number of ether oxygens (including phenoxy) is 1. The Labute approximate surface area is 67.3 Å². The van der Waals surface area contributed by atoms with Crippen LogP contribution in [0.4, 0.5) is 0 Å². The Balaban J connectivity index is 3.23. The molecule has 0 aliphatic heterocycles. The molecule has 0 unspecified atom stereocenters. The maximum Gasteiger partial charge on any atom is 0.320 e. The molecule has 0 rings (SSSR count). The largest absolute Gasteiger partial charge is 0.465 e. The summed E-state index contributed by atoms with van der Waals surface area (Å²) >= 11 is 0. The van der Waals surface area contributed by atoms with Crippen LogP contribution >= 0.6 is 0 Å². The Morgan fingerprint density at radius 1 is 1.55 bits per heavy atom. The second-order valence-corrected chi connectivity index (χ2v) is 2.60. The predicted molar refractivity (Wildman–Crippen MR) is 43.2 cm³/mol. The first-order chi connectivity index (χ1) is 5.16. The predicted octanol–water partition coefficient (Wildman–Crippen LogP) is -0.560. The molecule has 0 saturated carbocycles. The molecule has 11 heavy (non-hydrogen) atoms. The molecule has 66 valence electrons. The Morgan fingerprint density at radius 2 is 2.18 bits per heavy atom. The normalized spacial score (nSPS) is 10.2. The summed E-state index contributed by atoms with van der Waals surface area (Å²) in [6, 6.07) is 0. The van der Waals surface area contributed by atoms with E-state index in [9.17, 15) is 4.79 Å². The van der Waals surface area contributed by atoms with Crippen LogP contribution in [-0.4, -0.2) is 44.7 Å². The number of nitrogens with zero attached hydrogens (tertiary/aromatic N) is 1. The number of carbonyl (C=O) groups is 1. The van der Waals surface area contributed by atoms with E-state index in [0.717, 1.165) is 6.42 Å². The Morgan fingerprint density at radius 3 is 2.64 bits per heavy atom. The maximum atomic E-state index is 10.8. The van der Waals surface area contributed by atoms with Crippen LogP contribution in [0.25, 0.3) is 0 Å². The molecule has 0 heterocycles. The third kappa shape index (κ3) is 7.29. The lowest BCUT2D eigenvalue weighted by atomic mass is 10.5. The summed E-state index contributed by atoms with van der Waals surface area (Å²) in [5.74, 6) is -0.191. The minimum atomic E-state index is -0.191. The molecule has 4 nitrogen and oxygen atoms in total. The molecule has 0 spiro atoms. The van der Waals surface area contributed by atoms with E-state index < -0.39 is 0 Å². The number of nitrogens with two attached hydrogens (primary N) is 1. The molecule has 0 aromatic heterocycles. The van der Waals surface area contributed by atoms with Crippen molar-refractivity contribution in [1.29, 1.82) is 0 Å². The molecular weight excluding hydrogens is 144 g/mol. The van der Waals surface area contributed by atoms with E-state index in [1.165, 1.54) is 0 Å². The lowest BCUT2D eigenvalue weighted by Gasteiger charge is -2.08. The Hall–Kier alpha value is -0.610. The summed E-state index contributed by atoms with van der Waals surface area (Å²) < 4.78 is 4.83. The van der Waals surface area contributed by atoms with E-state index in [1.54, 1.807) is 4.90 Å². The van der Waals surface area contributed by atoms with Gasteiger partial charge in [0.05, 0.1) is 13.2 Å². The van der Waals surface area contributed by atoms with Gasteiger partial charge in [0, 0.05) is 0 Å². The lowest BCUT2D eigenvalue weighted by Crippen LogP contribution is -2.24. The fourth-order valence-corrected chi connectivity index (χ4v) is 0.573. The van der Waals surface area contributed by atoms with Gasteiger partial charge in [0.1, 0.15) is 0 Å². The molecular formula is C7H16N2O2. The van der Waals surface area contributed by atoms with Crippen molar-refractivity contribution in [2.45, 2.75) is 6.42 Å². The fourth-order valence-electron chi connectivity index (χ4n) is 0.573. The third-order valence-electron chi connectivity index (χ3n) is 1.06. The van der Waals surface area contributed by atoms with Gasteiger partial charge in [0.2, 0.25) is 0 Å². The molecule has 0 aliphatic rings. The molecule has 0 amide bonds. The average Bonchev–Trinajstić information content (AvgIpc) is 1.86. The summed E-state index contributed by atoms with van der Waals surface area (Å²) in [5, 5.41) is 0. The highest BCUT2D eigenvalue weighted by atomic mass is 16.5. The highest BCUT2D eigenvalue weighted by molar-refractivity contribution is 5.71. The van der Waals surface area contributed by atoms with Crippen molar-refractivity contribution in [3.63, 3.8) is 0 Å². The van der Waals surface area contributed by atoms with Crippen molar-refractivity contribution >= 4 is 5.97 Å². The smallest absolute Gasteiger partial charge is 0.320 e. The van der Waals surface area contributed by atoms with Crippen LogP contribution in [0.3, 0.4) is 0 Å². The van der Waals surface area contributed by atoms with E-state index in [-0.39, 0.29) is 5.97 Å². The van der Waals surface area contributed by atoms with Crippen LogP contribution in [0, 0.1) is 0 Å². The zero-order valence-corrected chi connectivity index (χ0v) is 7.17. The van der Waals surface area contributed by atoms with Crippen LogP contribution in [-0.2, 0) is 9.53 Å². The van der Waals surface area contributed by atoms with Crippen LogP contribution in [0.5, 0.6) is 0 Å². The topological polar surface area (TPSA) is 55.6 Å². The van der Waals surface area contributed by atoms with E-state index >= 15 is 0 Å². The highest BCUT2D eigenvalue weighted by Crippen LogP contribution is 1.83. The maximum absolute atomic E-state index is 10.8. The van der Waals surface area contributed by atoms with Gasteiger partial charge >= 0.3 is 5.97 Å². The number of rotatable bonds is 5. The number of hydrogen-bond acceptors (Lipinski definition) is 4. The van der Waals surface area contributed by atoms with Gasteiger partial charge in [0.25, 0.3) is 0 Å². The fraction of sp³-hybridized carbons (Fsp3) is 0.857. The second-order valence-electron chi connectivity index (χ2n) is 2.60. The minimum Gasteiger partial charge on any atom is -0.465 e. The van der Waals surface area contributed by atoms with Crippen molar-refractivity contribution in [2.75, 3.05) is 33.8 Å². The molecule has 2 N–H and O–H groups in total. The van der Waals surface area contributed by atoms with Crippen LogP contribution in [0.15, 0.2) is 0 Å². The summed E-state index contributed by atoms with van der Waals surface area (Å²) in [7, 11) is 3.65. The standard InChI is InChI=1S/C7H16N2O2/c1-9(2)6-7(10)11-5-3-4-8/h3-6,8H2,1-2H3. The minimum absolute atomic E-state index is 0.191. The molecule has 0 radical (unpaired) electrons. The lowest BCUT2D eigenvalue weighted by molar-refractivity contribution is -0.144. The van der Waals surface area contributed by atoms with E-state index in [2.05, 4.69) is 0 Å². The van der Waals surface area contributed by atoms with Crippen molar-refractivity contribution in [3.05, 3.63) is 0 Å². The molecule has 0 fully saturated rings. The summed E-state index contributed by atoms with van der Waals surface area (Å²) in [5.41, 5.74) is 5.21. The van der Waals surface area contributed by atoms with Gasteiger partial charge in [-0.25, -0.2) is 0 Å². The number of carbonyl (C=O) groups excluding carboxylic acids is 1. The number of hydrogen-bond donors (Lipinski definition) is 1. The zero-order valence-electron chi connectivity index (χ0n) is 7.17. The van der Waals surface area contributed by atoms with Gasteiger partial charge in [-0.05, 0) is 27.1 Å². The van der Waals surface area contributed by atoms with Gasteiger partial charge in [-0.1, -0.05) is 0 Å². The van der Waals surface area contributed by atoms with Crippen molar-refractivity contribution in [1.82, 2.24) is 4.90 Å². The van der Waals surface area contributed by atoms with E-state index in [1.807, 2.05) is 14.1 Å². The van der Waals surface area contributed by atoms with Gasteiger partial charge in [0.15, 0.2) is 0 Å². The molecule has 0 saturated heterocycles. The molecule has 0 aromatic rings. The summed E-state index contributed by atoms with van der Waals surface area (Å²) in [6.07, 6.45) is 0.735. The quantitative estimate of drug-likeness (QED) is 0.432. The van der Waals surface area contributed by atoms with Crippen molar-refractivity contribution in [3.8, 4) is 0 Å².